The molecular formula is C14H30N2O. The molecule has 0 bridgehead atoms. The number of morpholine rings is 1. The van der Waals surface area contributed by atoms with Gasteiger partial charge in [-0.1, -0.05) is 26.7 Å². The second-order valence-electron chi connectivity index (χ2n) is 5.26. The molecule has 0 amide bonds. The first kappa shape index (κ1) is 14.9. The van der Waals surface area contributed by atoms with Crippen molar-refractivity contribution in [3.05, 3.63) is 0 Å². The molecule has 1 aliphatic rings. The van der Waals surface area contributed by atoms with Crippen LogP contribution in [0.15, 0.2) is 0 Å². The molecule has 102 valence electrons. The van der Waals surface area contributed by atoms with E-state index in [-0.39, 0.29) is 0 Å². The Kier molecular flexibility index (Phi) is 7.82. The Labute approximate surface area is 107 Å². The average molecular weight is 242 g/mol. The van der Waals surface area contributed by atoms with Crippen LogP contribution in [0.25, 0.3) is 0 Å². The van der Waals surface area contributed by atoms with E-state index in [2.05, 4.69) is 30.7 Å². The predicted molar refractivity (Wildman–Crippen MR) is 73.5 cm³/mol. The van der Waals surface area contributed by atoms with Crippen LogP contribution in [0.2, 0.25) is 0 Å². The maximum absolute atomic E-state index is 5.85. The van der Waals surface area contributed by atoms with Crippen molar-refractivity contribution in [1.29, 1.82) is 0 Å². The lowest BCUT2D eigenvalue weighted by atomic mass is 10.2. The van der Waals surface area contributed by atoms with Gasteiger partial charge in [-0.15, -0.1) is 0 Å². The van der Waals surface area contributed by atoms with Gasteiger partial charge >= 0.3 is 0 Å². The van der Waals surface area contributed by atoms with Gasteiger partial charge in [0.05, 0.1) is 12.7 Å². The fourth-order valence-corrected chi connectivity index (χ4v) is 2.50. The first-order chi connectivity index (χ1) is 8.26. The summed E-state index contributed by atoms with van der Waals surface area (Å²) in [6, 6.07) is 0. The summed E-state index contributed by atoms with van der Waals surface area (Å²) >= 11 is 0. The van der Waals surface area contributed by atoms with Gasteiger partial charge in [-0.25, -0.2) is 0 Å². The number of hydrogen-bond donors (Lipinski definition) is 0. The maximum Gasteiger partial charge on any atom is 0.0829 e. The third-order valence-electron chi connectivity index (χ3n) is 3.42. The van der Waals surface area contributed by atoms with Gasteiger partial charge in [0.2, 0.25) is 0 Å². The minimum Gasteiger partial charge on any atom is -0.374 e. The van der Waals surface area contributed by atoms with Gasteiger partial charge in [0.15, 0.2) is 0 Å². The van der Waals surface area contributed by atoms with Crippen LogP contribution >= 0.6 is 0 Å². The third kappa shape index (κ3) is 6.39. The summed E-state index contributed by atoms with van der Waals surface area (Å²) in [5.74, 6) is 0. The quantitative estimate of drug-likeness (QED) is 0.607. The third-order valence-corrected chi connectivity index (χ3v) is 3.42. The average Bonchev–Trinajstić information content (AvgIpc) is 2.30. The molecular weight excluding hydrogens is 212 g/mol. The second-order valence-corrected chi connectivity index (χ2v) is 5.26. The SMILES string of the molecule is CCCCCN1CCO[C@H](CN(C)CCC)C1. The smallest absolute Gasteiger partial charge is 0.0829 e. The minimum atomic E-state index is 0.418. The molecule has 0 aromatic rings. The molecule has 1 heterocycles. The van der Waals surface area contributed by atoms with Gasteiger partial charge in [0, 0.05) is 19.6 Å². The van der Waals surface area contributed by atoms with E-state index in [0.29, 0.717) is 6.10 Å². The standard InChI is InChI=1S/C14H30N2O/c1-4-6-7-9-16-10-11-17-14(13-16)12-15(3)8-5-2/h14H,4-13H2,1-3H3/t14-/m1/s1. The van der Waals surface area contributed by atoms with E-state index in [4.69, 9.17) is 4.74 Å². The number of ether oxygens (including phenoxy) is 1. The number of hydrogen-bond acceptors (Lipinski definition) is 3. The van der Waals surface area contributed by atoms with Crippen molar-refractivity contribution in [2.75, 3.05) is 46.4 Å². The Morgan fingerprint density at radius 1 is 1.24 bits per heavy atom. The fraction of sp³-hybridized carbons (Fsp3) is 1.00. The monoisotopic (exact) mass is 242 g/mol. The molecule has 0 radical (unpaired) electrons. The highest BCUT2D eigenvalue weighted by atomic mass is 16.5. The molecule has 0 aliphatic carbocycles. The van der Waals surface area contributed by atoms with Crippen molar-refractivity contribution in [2.24, 2.45) is 0 Å². The van der Waals surface area contributed by atoms with Crippen LogP contribution in [-0.2, 0) is 4.74 Å². The summed E-state index contributed by atoms with van der Waals surface area (Å²) in [7, 11) is 2.20. The van der Waals surface area contributed by atoms with E-state index in [1.54, 1.807) is 0 Å². The van der Waals surface area contributed by atoms with E-state index in [9.17, 15) is 0 Å². The summed E-state index contributed by atoms with van der Waals surface area (Å²) in [5.41, 5.74) is 0. The van der Waals surface area contributed by atoms with Crippen LogP contribution in [0.3, 0.4) is 0 Å². The van der Waals surface area contributed by atoms with Gasteiger partial charge in [0.25, 0.3) is 0 Å². The lowest BCUT2D eigenvalue weighted by Crippen LogP contribution is -2.47. The molecule has 0 aromatic carbocycles. The van der Waals surface area contributed by atoms with Crippen molar-refractivity contribution in [2.45, 2.75) is 45.6 Å². The van der Waals surface area contributed by atoms with Crippen LogP contribution in [0.1, 0.15) is 39.5 Å². The first-order valence-electron chi connectivity index (χ1n) is 7.28. The fourth-order valence-electron chi connectivity index (χ4n) is 2.50. The van der Waals surface area contributed by atoms with Crippen molar-refractivity contribution in [3.8, 4) is 0 Å². The largest absolute Gasteiger partial charge is 0.374 e. The number of nitrogens with zero attached hydrogens (tertiary/aromatic N) is 2. The van der Waals surface area contributed by atoms with E-state index < -0.39 is 0 Å². The van der Waals surface area contributed by atoms with E-state index in [0.717, 1.165) is 26.2 Å². The second kappa shape index (κ2) is 8.90. The molecule has 17 heavy (non-hydrogen) atoms. The van der Waals surface area contributed by atoms with Gasteiger partial charge in [-0.3, -0.25) is 4.90 Å². The van der Waals surface area contributed by atoms with Crippen LogP contribution in [-0.4, -0.2) is 62.3 Å². The number of unbranched alkanes of at least 4 members (excludes halogenated alkanes) is 2. The van der Waals surface area contributed by atoms with Crippen LogP contribution < -0.4 is 0 Å². The lowest BCUT2D eigenvalue weighted by molar-refractivity contribution is -0.0407. The van der Waals surface area contributed by atoms with Crippen molar-refractivity contribution in [3.63, 3.8) is 0 Å². The highest BCUT2D eigenvalue weighted by molar-refractivity contribution is 4.73. The first-order valence-corrected chi connectivity index (χ1v) is 7.28. The predicted octanol–water partition coefficient (Wildman–Crippen LogP) is 2.22. The highest BCUT2D eigenvalue weighted by Gasteiger charge is 2.20. The summed E-state index contributed by atoms with van der Waals surface area (Å²) < 4.78 is 5.85. The number of rotatable bonds is 8. The molecule has 1 rings (SSSR count). The van der Waals surface area contributed by atoms with Crippen LogP contribution in [0, 0.1) is 0 Å². The van der Waals surface area contributed by atoms with Crippen LogP contribution in [0.5, 0.6) is 0 Å². The normalized spacial score (nSPS) is 22.2. The zero-order chi connectivity index (χ0) is 12.5. The van der Waals surface area contributed by atoms with E-state index >= 15 is 0 Å². The molecule has 1 saturated heterocycles. The van der Waals surface area contributed by atoms with Gasteiger partial charge in [0.1, 0.15) is 0 Å². The highest BCUT2D eigenvalue weighted by Crippen LogP contribution is 2.08. The maximum atomic E-state index is 5.85. The molecule has 1 fully saturated rings. The number of likely N-dealkylation sites (N-methyl/N-ethyl adjacent to an activating group) is 1. The minimum absolute atomic E-state index is 0.418. The molecule has 0 aromatic heterocycles. The van der Waals surface area contributed by atoms with E-state index in [1.165, 1.54) is 38.8 Å². The van der Waals surface area contributed by atoms with Crippen molar-refractivity contribution >= 4 is 0 Å². The Bertz CT molecular complexity index is 187. The molecule has 0 spiro atoms. The summed E-state index contributed by atoms with van der Waals surface area (Å²) in [6.45, 7) is 11.2. The molecule has 1 aliphatic heterocycles. The Morgan fingerprint density at radius 3 is 2.76 bits per heavy atom. The van der Waals surface area contributed by atoms with Crippen molar-refractivity contribution < 1.29 is 4.74 Å². The molecule has 3 nitrogen and oxygen atoms in total. The molecule has 0 unspecified atom stereocenters. The van der Waals surface area contributed by atoms with E-state index in [1.807, 2.05) is 0 Å². The summed E-state index contributed by atoms with van der Waals surface area (Å²) in [6.07, 6.45) is 5.66. The van der Waals surface area contributed by atoms with Crippen molar-refractivity contribution in [1.82, 2.24) is 9.80 Å². The Morgan fingerprint density at radius 2 is 2.06 bits per heavy atom. The van der Waals surface area contributed by atoms with Gasteiger partial charge in [-0.2, -0.15) is 0 Å². The lowest BCUT2D eigenvalue weighted by Gasteiger charge is -2.34. The zero-order valence-electron chi connectivity index (χ0n) is 12.0. The van der Waals surface area contributed by atoms with Gasteiger partial charge < -0.3 is 9.64 Å². The zero-order valence-corrected chi connectivity index (χ0v) is 12.0. The molecule has 3 heteroatoms. The summed E-state index contributed by atoms with van der Waals surface area (Å²) in [4.78, 5) is 4.96. The van der Waals surface area contributed by atoms with Gasteiger partial charge in [-0.05, 0) is 33.0 Å². The molecule has 0 saturated carbocycles. The molecule has 0 N–H and O–H groups in total. The molecule has 1 atom stereocenters. The Hall–Kier alpha value is -0.120. The topological polar surface area (TPSA) is 15.7 Å². The Balaban J connectivity index is 2.18. The summed E-state index contributed by atoms with van der Waals surface area (Å²) in [5, 5.41) is 0. The van der Waals surface area contributed by atoms with Crippen LogP contribution in [0.4, 0.5) is 0 Å².